The van der Waals surface area contributed by atoms with Gasteiger partial charge in [0.2, 0.25) is 10.0 Å². The third kappa shape index (κ3) is 13.5. The predicted octanol–water partition coefficient (Wildman–Crippen LogP) is 5.13. The molecule has 0 bridgehead atoms. The summed E-state index contributed by atoms with van der Waals surface area (Å²) in [5.74, 6) is 0.0332. The van der Waals surface area contributed by atoms with Crippen molar-refractivity contribution in [3.63, 3.8) is 0 Å². The van der Waals surface area contributed by atoms with Crippen LogP contribution in [-0.2, 0) is 55.8 Å². The van der Waals surface area contributed by atoms with Gasteiger partial charge in [0, 0.05) is 26.2 Å². The standard InChI is InChI=1S/C42H58N3O13PS/c1-6-53-40(47)30(4)57-59(49,58-34-10-8-7-9-11-34)23-21-43-25-32-14-12-31(13-15-32)24-37(44-42(48)56-39-28-55-41-36(39)20-22-54-41)38(46)27-45(26-29(2)3)60(50,51)35-18-16-33(52-5)17-19-35/h7-19,29-30,36-39,41,43,46H,6,20-28H2,1-5H3,(H,44,48). The van der Waals surface area contributed by atoms with Crippen molar-refractivity contribution in [2.75, 3.05) is 52.7 Å². The van der Waals surface area contributed by atoms with Gasteiger partial charge in [-0.1, -0.05) is 56.3 Å². The van der Waals surface area contributed by atoms with Gasteiger partial charge in [-0.15, -0.1) is 0 Å². The highest BCUT2D eigenvalue weighted by molar-refractivity contribution is 7.89. The highest BCUT2D eigenvalue weighted by atomic mass is 32.2. The Kier molecular flexibility index (Phi) is 17.4. The zero-order chi connectivity index (χ0) is 43.3. The summed E-state index contributed by atoms with van der Waals surface area (Å²) in [5, 5.41) is 17.8. The number of rotatable bonds is 23. The maximum absolute atomic E-state index is 13.9. The van der Waals surface area contributed by atoms with Crippen LogP contribution in [0.5, 0.6) is 11.5 Å². The smallest absolute Gasteiger partial charge is 0.407 e. The summed E-state index contributed by atoms with van der Waals surface area (Å²) in [5.41, 5.74) is 1.64. The highest BCUT2D eigenvalue weighted by Crippen LogP contribution is 2.49. The normalized spacial score (nSPS) is 20.2. The number of amides is 1. The van der Waals surface area contributed by atoms with E-state index in [9.17, 15) is 27.7 Å². The number of ether oxygens (including phenoxy) is 5. The van der Waals surface area contributed by atoms with Crippen LogP contribution in [0.15, 0.2) is 83.8 Å². The Morgan fingerprint density at radius 3 is 2.32 bits per heavy atom. The van der Waals surface area contributed by atoms with E-state index < -0.39 is 60.3 Å². The Bertz CT molecular complexity index is 1970. The van der Waals surface area contributed by atoms with E-state index in [1.807, 2.05) is 38.1 Å². The molecule has 3 aromatic rings. The molecule has 0 spiro atoms. The number of aliphatic hydroxyl groups is 1. The molecule has 18 heteroatoms. The van der Waals surface area contributed by atoms with E-state index in [0.29, 0.717) is 31.1 Å². The number of sulfonamides is 1. The molecule has 3 N–H and O–H groups in total. The molecule has 7 atom stereocenters. The summed E-state index contributed by atoms with van der Waals surface area (Å²) in [4.78, 5) is 25.7. The molecule has 0 aliphatic carbocycles. The molecule has 0 saturated carbocycles. The summed E-state index contributed by atoms with van der Waals surface area (Å²) in [6.45, 7) is 8.19. The lowest BCUT2D eigenvalue weighted by molar-refractivity contribution is -0.150. The van der Waals surface area contributed by atoms with Gasteiger partial charge in [-0.05, 0) is 80.1 Å². The van der Waals surface area contributed by atoms with Gasteiger partial charge in [-0.25, -0.2) is 22.6 Å². The average Bonchev–Trinajstić information content (AvgIpc) is 3.85. The van der Waals surface area contributed by atoms with E-state index in [-0.39, 0.29) is 62.2 Å². The van der Waals surface area contributed by atoms with Crippen LogP contribution in [0, 0.1) is 11.8 Å². The molecule has 7 unspecified atom stereocenters. The van der Waals surface area contributed by atoms with Crippen molar-refractivity contribution in [2.45, 2.75) is 82.6 Å². The third-order valence-corrected chi connectivity index (χ3v) is 13.7. The first-order valence-electron chi connectivity index (χ1n) is 20.2. The number of benzene rings is 3. The highest BCUT2D eigenvalue weighted by Gasteiger charge is 2.44. The van der Waals surface area contributed by atoms with E-state index in [1.54, 1.807) is 49.4 Å². The van der Waals surface area contributed by atoms with Crippen LogP contribution in [0.3, 0.4) is 0 Å². The number of nitrogens with one attached hydrogen (secondary N) is 2. The first-order chi connectivity index (χ1) is 28.7. The Hall–Kier alpha value is -4.06. The van der Waals surface area contributed by atoms with Crippen LogP contribution in [0.4, 0.5) is 4.79 Å². The monoisotopic (exact) mass is 875 g/mol. The zero-order valence-electron chi connectivity index (χ0n) is 34.8. The van der Waals surface area contributed by atoms with Crippen molar-refractivity contribution >= 4 is 29.7 Å². The average molecular weight is 876 g/mol. The van der Waals surface area contributed by atoms with Crippen LogP contribution in [0.2, 0.25) is 0 Å². The lowest BCUT2D eigenvalue weighted by atomic mass is 10.00. The molecule has 2 fully saturated rings. The van der Waals surface area contributed by atoms with Crippen LogP contribution in [-0.4, -0.2) is 113 Å². The van der Waals surface area contributed by atoms with Crippen LogP contribution in [0.1, 0.15) is 45.2 Å². The molecule has 60 heavy (non-hydrogen) atoms. The van der Waals surface area contributed by atoms with Crippen LogP contribution in [0.25, 0.3) is 0 Å². The number of hydrogen-bond donors (Lipinski definition) is 3. The molecule has 330 valence electrons. The molecule has 2 aliphatic heterocycles. The van der Waals surface area contributed by atoms with Crippen molar-refractivity contribution in [1.29, 1.82) is 0 Å². The molecule has 2 heterocycles. The van der Waals surface area contributed by atoms with Gasteiger partial charge < -0.3 is 43.9 Å². The van der Waals surface area contributed by atoms with Gasteiger partial charge in [-0.2, -0.15) is 4.31 Å². The quantitative estimate of drug-likeness (QED) is 0.0644. The maximum atomic E-state index is 13.9. The van der Waals surface area contributed by atoms with E-state index >= 15 is 0 Å². The molecule has 0 aromatic heterocycles. The van der Waals surface area contributed by atoms with Crippen LogP contribution < -0.4 is 19.9 Å². The van der Waals surface area contributed by atoms with Crippen molar-refractivity contribution in [3.05, 3.63) is 90.0 Å². The fraction of sp³-hybridized carbons (Fsp3) is 0.524. The number of hydrogen-bond acceptors (Lipinski definition) is 14. The number of carbonyl (C=O) groups excluding carboxylic acids is 2. The van der Waals surface area contributed by atoms with Crippen molar-refractivity contribution in [2.24, 2.45) is 11.8 Å². The summed E-state index contributed by atoms with van der Waals surface area (Å²) in [6.07, 6.45) is -3.35. The molecule has 1 amide bonds. The minimum Gasteiger partial charge on any atom is -0.497 e. The first-order valence-corrected chi connectivity index (χ1v) is 23.4. The summed E-state index contributed by atoms with van der Waals surface area (Å²) >= 11 is 0. The molecule has 16 nitrogen and oxygen atoms in total. The van der Waals surface area contributed by atoms with Crippen molar-refractivity contribution < 1.29 is 60.4 Å². The van der Waals surface area contributed by atoms with Gasteiger partial charge in [0.25, 0.3) is 0 Å². The summed E-state index contributed by atoms with van der Waals surface area (Å²) in [6, 6.07) is 21.1. The number of fused-ring (bicyclic) bond motifs is 1. The summed E-state index contributed by atoms with van der Waals surface area (Å²) < 4.78 is 81.5. The largest absolute Gasteiger partial charge is 0.497 e. The Balaban J connectivity index is 1.25. The van der Waals surface area contributed by atoms with Crippen LogP contribution >= 0.6 is 7.60 Å². The molecular formula is C42H58N3O13PS. The molecule has 5 rings (SSSR count). The fourth-order valence-electron chi connectivity index (χ4n) is 6.87. The Morgan fingerprint density at radius 1 is 0.950 bits per heavy atom. The minimum absolute atomic E-state index is 0.0333. The fourth-order valence-corrected chi connectivity index (χ4v) is 10.2. The minimum atomic E-state index is -4.05. The molecule has 2 aliphatic rings. The number of carbonyl (C=O) groups is 2. The molecule has 2 saturated heterocycles. The van der Waals surface area contributed by atoms with Gasteiger partial charge in [0.05, 0.1) is 56.1 Å². The van der Waals surface area contributed by atoms with E-state index in [2.05, 4.69) is 10.6 Å². The van der Waals surface area contributed by atoms with Gasteiger partial charge in [0.1, 0.15) is 17.6 Å². The SMILES string of the molecule is CCOC(=O)C(C)OP(=O)(CCNCc1ccc(CC(NC(=O)OC2COC3OCCC23)C(O)CN(CC(C)C)S(=O)(=O)c2ccc(OC)cc2)cc1)Oc1ccccc1. The lowest BCUT2D eigenvalue weighted by Gasteiger charge is -2.31. The predicted molar refractivity (Wildman–Crippen MR) is 222 cm³/mol. The number of para-hydroxylation sites is 1. The number of methoxy groups -OCH3 is 1. The van der Waals surface area contributed by atoms with Crippen molar-refractivity contribution in [1.82, 2.24) is 14.9 Å². The molecular weight excluding hydrogens is 818 g/mol. The second kappa shape index (κ2) is 22.2. The number of aliphatic hydroxyl groups excluding tert-OH is 1. The maximum Gasteiger partial charge on any atom is 0.407 e. The molecule has 0 radical (unpaired) electrons. The van der Waals surface area contributed by atoms with Gasteiger partial charge in [0.15, 0.2) is 12.4 Å². The van der Waals surface area contributed by atoms with Gasteiger partial charge in [-0.3, -0.25) is 4.52 Å². The second-order valence-electron chi connectivity index (χ2n) is 15.1. The van der Waals surface area contributed by atoms with Crippen molar-refractivity contribution in [3.8, 4) is 11.5 Å². The third-order valence-electron chi connectivity index (χ3n) is 9.96. The topological polar surface area (TPSA) is 197 Å². The Labute approximate surface area is 352 Å². The van der Waals surface area contributed by atoms with E-state index in [0.717, 1.165) is 11.1 Å². The second-order valence-corrected chi connectivity index (χ2v) is 19.1. The van der Waals surface area contributed by atoms with E-state index in [1.165, 1.54) is 30.5 Å². The van der Waals surface area contributed by atoms with Gasteiger partial charge >= 0.3 is 19.7 Å². The zero-order valence-corrected chi connectivity index (χ0v) is 36.5. The number of esters is 1. The Morgan fingerprint density at radius 2 is 1.65 bits per heavy atom. The number of alkyl carbamates (subject to hydrolysis) is 1. The lowest BCUT2D eigenvalue weighted by Crippen LogP contribution is -2.51. The summed E-state index contributed by atoms with van der Waals surface area (Å²) in [7, 11) is -6.36. The number of nitrogens with zero attached hydrogens (tertiary/aromatic N) is 1. The first kappa shape index (κ1) is 47.0. The molecule has 3 aromatic carbocycles. The van der Waals surface area contributed by atoms with E-state index in [4.69, 9.17) is 32.7 Å².